The first-order valence-corrected chi connectivity index (χ1v) is 5.97. The van der Waals surface area contributed by atoms with Crippen LogP contribution in [0.15, 0.2) is 24.3 Å². The Hall–Kier alpha value is -1.43. The Labute approximate surface area is 108 Å². The quantitative estimate of drug-likeness (QED) is 0.683. The lowest BCUT2D eigenvalue weighted by Crippen LogP contribution is -2.38. The lowest BCUT2D eigenvalue weighted by Gasteiger charge is -2.22. The van der Waals surface area contributed by atoms with Crippen molar-refractivity contribution in [2.24, 2.45) is 5.73 Å². The van der Waals surface area contributed by atoms with E-state index in [1.165, 1.54) is 0 Å². The molecule has 0 saturated heterocycles. The molecule has 0 heterocycles. The lowest BCUT2D eigenvalue weighted by molar-refractivity contribution is -0.117. The predicted octanol–water partition coefficient (Wildman–Crippen LogP) is 0.396. The third-order valence-electron chi connectivity index (χ3n) is 2.92. The lowest BCUT2D eigenvalue weighted by atomic mass is 10.2. The van der Waals surface area contributed by atoms with Gasteiger partial charge in [-0.2, -0.15) is 0 Å². The topological polar surface area (TPSA) is 78.6 Å². The van der Waals surface area contributed by atoms with E-state index in [0.717, 1.165) is 11.3 Å². The van der Waals surface area contributed by atoms with Crippen LogP contribution in [0.3, 0.4) is 0 Å². The smallest absolute Gasteiger partial charge is 0.238 e. The Morgan fingerprint density at radius 1 is 1.50 bits per heavy atom. The number of carbonyl (C=O) groups excluding carboxylic acids is 1. The Morgan fingerprint density at radius 2 is 2.17 bits per heavy atom. The number of aliphatic hydroxyl groups is 1. The van der Waals surface area contributed by atoms with E-state index in [9.17, 15) is 4.79 Å². The van der Waals surface area contributed by atoms with Gasteiger partial charge in [0.25, 0.3) is 0 Å². The van der Waals surface area contributed by atoms with E-state index in [-0.39, 0.29) is 25.1 Å². The first kappa shape index (κ1) is 14.6. The summed E-state index contributed by atoms with van der Waals surface area (Å²) in [6.45, 7) is 2.52. The highest BCUT2D eigenvalue weighted by atomic mass is 16.3. The van der Waals surface area contributed by atoms with Crippen molar-refractivity contribution in [1.29, 1.82) is 0 Å². The molecule has 100 valence electrons. The van der Waals surface area contributed by atoms with Crippen molar-refractivity contribution >= 4 is 11.6 Å². The molecule has 0 saturated carbocycles. The number of benzene rings is 1. The fraction of sp³-hybridized carbons (Fsp3) is 0.462. The van der Waals surface area contributed by atoms with Crippen LogP contribution in [0.4, 0.5) is 5.69 Å². The highest BCUT2D eigenvalue weighted by Crippen LogP contribution is 2.13. The van der Waals surface area contributed by atoms with Crippen molar-refractivity contribution in [1.82, 2.24) is 4.90 Å². The highest BCUT2D eigenvalue weighted by molar-refractivity contribution is 5.92. The number of likely N-dealkylation sites (N-methyl/N-ethyl adjacent to an activating group) is 1. The number of amides is 1. The van der Waals surface area contributed by atoms with Crippen LogP contribution in [-0.2, 0) is 11.3 Å². The van der Waals surface area contributed by atoms with Crippen LogP contribution in [-0.4, -0.2) is 42.2 Å². The molecule has 1 aromatic rings. The third kappa shape index (κ3) is 4.10. The van der Waals surface area contributed by atoms with Crippen molar-refractivity contribution in [3.8, 4) is 0 Å². The average molecular weight is 251 g/mol. The summed E-state index contributed by atoms with van der Waals surface area (Å²) >= 11 is 0. The van der Waals surface area contributed by atoms with Gasteiger partial charge in [-0.1, -0.05) is 18.2 Å². The van der Waals surface area contributed by atoms with Crippen LogP contribution in [0.2, 0.25) is 0 Å². The molecule has 0 aromatic heterocycles. The zero-order valence-corrected chi connectivity index (χ0v) is 10.9. The monoisotopic (exact) mass is 251 g/mol. The van der Waals surface area contributed by atoms with Gasteiger partial charge in [0.1, 0.15) is 0 Å². The van der Waals surface area contributed by atoms with E-state index in [1.807, 2.05) is 31.2 Å². The largest absolute Gasteiger partial charge is 0.395 e. The van der Waals surface area contributed by atoms with Gasteiger partial charge in [0.15, 0.2) is 0 Å². The van der Waals surface area contributed by atoms with Crippen LogP contribution >= 0.6 is 0 Å². The fourth-order valence-electron chi connectivity index (χ4n) is 1.53. The number of hydrogen-bond donors (Lipinski definition) is 3. The van der Waals surface area contributed by atoms with E-state index in [1.54, 1.807) is 11.9 Å². The normalized spacial score (nSPS) is 12.5. The molecule has 0 aliphatic rings. The van der Waals surface area contributed by atoms with Gasteiger partial charge < -0.3 is 16.2 Å². The second kappa shape index (κ2) is 7.10. The minimum Gasteiger partial charge on any atom is -0.395 e. The van der Waals surface area contributed by atoms with Crippen LogP contribution in [0, 0.1) is 0 Å². The number of nitrogens with one attached hydrogen (secondary N) is 1. The number of aliphatic hydroxyl groups excluding tert-OH is 1. The summed E-state index contributed by atoms with van der Waals surface area (Å²) in [7, 11) is 1.80. The first-order valence-electron chi connectivity index (χ1n) is 5.97. The molecule has 1 aromatic carbocycles. The molecule has 5 nitrogen and oxygen atoms in total. The molecule has 18 heavy (non-hydrogen) atoms. The average Bonchev–Trinajstić information content (AvgIpc) is 2.38. The van der Waals surface area contributed by atoms with Gasteiger partial charge in [0.2, 0.25) is 5.91 Å². The van der Waals surface area contributed by atoms with Crippen molar-refractivity contribution in [3.63, 3.8) is 0 Å². The van der Waals surface area contributed by atoms with E-state index in [4.69, 9.17) is 10.8 Å². The summed E-state index contributed by atoms with van der Waals surface area (Å²) in [5, 5.41) is 11.8. The molecule has 0 bridgehead atoms. The molecule has 1 rings (SSSR count). The summed E-state index contributed by atoms with van der Waals surface area (Å²) in [6, 6.07) is 7.42. The van der Waals surface area contributed by atoms with E-state index in [0.29, 0.717) is 6.54 Å². The van der Waals surface area contributed by atoms with Crippen LogP contribution < -0.4 is 11.1 Å². The molecule has 1 atom stereocenters. The molecule has 0 fully saturated rings. The van der Waals surface area contributed by atoms with Crippen LogP contribution in [0.5, 0.6) is 0 Å². The number of nitrogens with zero attached hydrogens (tertiary/aromatic N) is 1. The summed E-state index contributed by atoms with van der Waals surface area (Å²) in [5.41, 5.74) is 7.25. The number of hydrogen-bond acceptors (Lipinski definition) is 4. The maximum Gasteiger partial charge on any atom is 0.238 e. The molecule has 4 N–H and O–H groups in total. The maximum absolute atomic E-state index is 11.8. The zero-order valence-electron chi connectivity index (χ0n) is 10.9. The second-order valence-electron chi connectivity index (χ2n) is 4.36. The number of nitrogens with two attached hydrogens (primary N) is 1. The highest BCUT2D eigenvalue weighted by Gasteiger charge is 2.12. The van der Waals surface area contributed by atoms with Gasteiger partial charge in [-0.15, -0.1) is 0 Å². The maximum atomic E-state index is 11.8. The summed E-state index contributed by atoms with van der Waals surface area (Å²) in [4.78, 5) is 13.6. The SMILES string of the molecule is CC(CO)N(C)CC(=O)Nc1ccccc1CN. The third-order valence-corrected chi connectivity index (χ3v) is 2.92. The number of para-hydroxylation sites is 1. The minimum atomic E-state index is -0.112. The Balaban J connectivity index is 2.59. The molecule has 1 amide bonds. The summed E-state index contributed by atoms with van der Waals surface area (Å²) in [5.74, 6) is -0.112. The molecule has 1 unspecified atom stereocenters. The van der Waals surface area contributed by atoms with Crippen LogP contribution in [0.25, 0.3) is 0 Å². The Morgan fingerprint density at radius 3 is 2.78 bits per heavy atom. The van der Waals surface area contributed by atoms with Gasteiger partial charge in [-0.3, -0.25) is 9.69 Å². The van der Waals surface area contributed by atoms with Gasteiger partial charge in [-0.25, -0.2) is 0 Å². The summed E-state index contributed by atoms with van der Waals surface area (Å²) < 4.78 is 0. The van der Waals surface area contributed by atoms with Crippen LogP contribution in [0.1, 0.15) is 12.5 Å². The van der Waals surface area contributed by atoms with Crippen molar-refractivity contribution < 1.29 is 9.90 Å². The fourth-order valence-corrected chi connectivity index (χ4v) is 1.53. The molecule has 0 spiro atoms. The summed E-state index contributed by atoms with van der Waals surface area (Å²) in [6.07, 6.45) is 0. The van der Waals surface area contributed by atoms with E-state index < -0.39 is 0 Å². The van der Waals surface area contributed by atoms with E-state index in [2.05, 4.69) is 5.32 Å². The molecular weight excluding hydrogens is 230 g/mol. The van der Waals surface area contributed by atoms with Gasteiger partial charge in [0.05, 0.1) is 13.2 Å². The Bertz CT molecular complexity index is 396. The number of carbonyl (C=O) groups is 1. The van der Waals surface area contributed by atoms with Gasteiger partial charge in [-0.05, 0) is 25.6 Å². The van der Waals surface area contributed by atoms with Crippen molar-refractivity contribution in [2.75, 3.05) is 25.5 Å². The first-order chi connectivity index (χ1) is 8.58. The molecule has 5 heteroatoms. The number of anilines is 1. The number of rotatable bonds is 6. The van der Waals surface area contributed by atoms with E-state index >= 15 is 0 Å². The predicted molar refractivity (Wildman–Crippen MR) is 72.1 cm³/mol. The zero-order chi connectivity index (χ0) is 13.5. The molecule has 0 radical (unpaired) electrons. The van der Waals surface area contributed by atoms with Crippen molar-refractivity contribution in [3.05, 3.63) is 29.8 Å². The van der Waals surface area contributed by atoms with Crippen molar-refractivity contribution in [2.45, 2.75) is 19.5 Å². The standard InChI is InChI=1S/C13H21N3O2/c1-10(9-17)16(2)8-13(18)15-12-6-4-3-5-11(12)7-14/h3-6,10,17H,7-9,14H2,1-2H3,(H,15,18). The van der Waals surface area contributed by atoms with Gasteiger partial charge >= 0.3 is 0 Å². The minimum absolute atomic E-state index is 0.0309. The molecular formula is C13H21N3O2. The van der Waals surface area contributed by atoms with Gasteiger partial charge in [0, 0.05) is 18.3 Å². The molecule has 0 aliphatic heterocycles. The second-order valence-corrected chi connectivity index (χ2v) is 4.36. The molecule has 0 aliphatic carbocycles. The Kier molecular flexibility index (Phi) is 5.77.